The summed E-state index contributed by atoms with van der Waals surface area (Å²) in [5, 5.41) is 12.0. The van der Waals surface area contributed by atoms with Crippen molar-refractivity contribution in [2.75, 3.05) is 13.1 Å². The molecule has 1 saturated heterocycles. The minimum absolute atomic E-state index is 0.0900. The highest BCUT2D eigenvalue weighted by Crippen LogP contribution is 2.30. The van der Waals surface area contributed by atoms with Crippen molar-refractivity contribution in [3.05, 3.63) is 66.2 Å². The van der Waals surface area contributed by atoms with Gasteiger partial charge in [-0.1, -0.05) is 18.2 Å². The molecule has 7 nitrogen and oxygen atoms in total. The van der Waals surface area contributed by atoms with Gasteiger partial charge in [-0.05, 0) is 59.7 Å². The van der Waals surface area contributed by atoms with Crippen molar-refractivity contribution in [1.82, 2.24) is 24.5 Å². The smallest absolute Gasteiger partial charge is 0.207 e. The molecule has 9 heteroatoms. The topological polar surface area (TPSA) is 81.0 Å². The molecule has 140 valence electrons. The molecule has 1 fully saturated rings. The summed E-state index contributed by atoms with van der Waals surface area (Å²) in [5.74, 6) is 0.0527. The average Bonchev–Trinajstić information content (AvgIpc) is 3.19. The highest BCUT2D eigenvalue weighted by atomic mass is 32.2. The van der Waals surface area contributed by atoms with Crippen LogP contribution in [0.1, 0.15) is 24.6 Å². The van der Waals surface area contributed by atoms with Gasteiger partial charge in [0.1, 0.15) is 5.82 Å². The number of aromatic nitrogens is 4. The first-order chi connectivity index (χ1) is 13.1. The Kier molecular flexibility index (Phi) is 4.71. The molecule has 27 heavy (non-hydrogen) atoms. The van der Waals surface area contributed by atoms with E-state index in [9.17, 15) is 12.8 Å². The molecular formula is C18H18FN5O2S. The number of hydrogen-bond acceptors (Lipinski definition) is 5. The molecule has 1 aromatic heterocycles. The van der Waals surface area contributed by atoms with E-state index in [2.05, 4.69) is 15.5 Å². The quantitative estimate of drug-likeness (QED) is 0.687. The first kappa shape index (κ1) is 17.7. The average molecular weight is 387 g/mol. The number of halogens is 1. The molecule has 2 heterocycles. The Balaban J connectivity index is 1.61. The lowest BCUT2D eigenvalue weighted by atomic mass is 9.99. The van der Waals surface area contributed by atoms with Crippen molar-refractivity contribution in [1.29, 1.82) is 0 Å². The summed E-state index contributed by atoms with van der Waals surface area (Å²) in [6.45, 7) is 0.704. The van der Waals surface area contributed by atoms with Gasteiger partial charge in [-0.15, -0.1) is 5.10 Å². The van der Waals surface area contributed by atoms with Crippen LogP contribution in [0.5, 0.6) is 0 Å². The highest BCUT2D eigenvalue weighted by molar-refractivity contribution is 7.89. The van der Waals surface area contributed by atoms with Crippen LogP contribution in [0.2, 0.25) is 0 Å². The van der Waals surface area contributed by atoms with Gasteiger partial charge >= 0.3 is 0 Å². The van der Waals surface area contributed by atoms with Gasteiger partial charge in [0.25, 0.3) is 0 Å². The van der Waals surface area contributed by atoms with Crippen molar-refractivity contribution in [2.45, 2.75) is 23.7 Å². The van der Waals surface area contributed by atoms with Crippen LogP contribution < -0.4 is 0 Å². The van der Waals surface area contributed by atoms with E-state index in [1.807, 2.05) is 30.3 Å². The van der Waals surface area contributed by atoms with Crippen molar-refractivity contribution < 1.29 is 12.8 Å². The van der Waals surface area contributed by atoms with Crippen LogP contribution in [0.25, 0.3) is 5.69 Å². The second-order valence-electron chi connectivity index (χ2n) is 6.44. The van der Waals surface area contributed by atoms with Gasteiger partial charge in [0.15, 0.2) is 5.82 Å². The van der Waals surface area contributed by atoms with E-state index in [4.69, 9.17) is 0 Å². The van der Waals surface area contributed by atoms with Crippen molar-refractivity contribution in [3.8, 4) is 5.69 Å². The molecule has 0 aliphatic carbocycles. The minimum atomic E-state index is -3.69. The van der Waals surface area contributed by atoms with Gasteiger partial charge in [-0.25, -0.2) is 12.8 Å². The number of tetrazole rings is 1. The molecule has 0 N–H and O–H groups in total. The predicted molar refractivity (Wildman–Crippen MR) is 96.3 cm³/mol. The number of nitrogens with zero attached hydrogens (tertiary/aromatic N) is 5. The Morgan fingerprint density at radius 2 is 1.78 bits per heavy atom. The van der Waals surface area contributed by atoms with Crippen LogP contribution in [0.15, 0.2) is 59.5 Å². The zero-order valence-corrected chi connectivity index (χ0v) is 15.3. The molecule has 1 aliphatic heterocycles. The molecule has 0 radical (unpaired) electrons. The Hall–Kier alpha value is -2.65. The van der Waals surface area contributed by atoms with Gasteiger partial charge in [0.2, 0.25) is 10.0 Å². The first-order valence-corrected chi connectivity index (χ1v) is 10.1. The standard InChI is InChI=1S/C18H18FN5O2S/c19-15-8-10-17(11-9-15)27(25,26)23-12-4-5-14(13-23)18-20-21-22-24(18)16-6-2-1-3-7-16/h1-3,6-11,14H,4-5,12-13H2. The number of rotatable bonds is 4. The summed E-state index contributed by atoms with van der Waals surface area (Å²) in [7, 11) is -3.69. The second kappa shape index (κ2) is 7.16. The van der Waals surface area contributed by atoms with Crippen LogP contribution in [0.4, 0.5) is 4.39 Å². The largest absolute Gasteiger partial charge is 0.243 e. The molecule has 1 unspecified atom stereocenters. The molecule has 1 atom stereocenters. The molecule has 3 aromatic rings. The van der Waals surface area contributed by atoms with Crippen LogP contribution in [-0.4, -0.2) is 46.0 Å². The summed E-state index contributed by atoms with van der Waals surface area (Å²) in [4.78, 5) is 0.0900. The van der Waals surface area contributed by atoms with Gasteiger partial charge in [0.05, 0.1) is 10.6 Å². The van der Waals surface area contributed by atoms with Crippen LogP contribution in [0.3, 0.4) is 0 Å². The summed E-state index contributed by atoms with van der Waals surface area (Å²) < 4.78 is 42.0. The predicted octanol–water partition coefficient (Wildman–Crippen LogP) is 2.37. The van der Waals surface area contributed by atoms with E-state index < -0.39 is 15.8 Å². The van der Waals surface area contributed by atoms with E-state index in [-0.39, 0.29) is 17.4 Å². The third-order valence-electron chi connectivity index (χ3n) is 4.70. The van der Waals surface area contributed by atoms with Crippen molar-refractivity contribution >= 4 is 10.0 Å². The monoisotopic (exact) mass is 387 g/mol. The summed E-state index contributed by atoms with van der Waals surface area (Å²) in [6.07, 6.45) is 1.50. The molecule has 0 saturated carbocycles. The van der Waals surface area contributed by atoms with Crippen LogP contribution in [-0.2, 0) is 10.0 Å². The van der Waals surface area contributed by atoms with Gasteiger partial charge in [-0.3, -0.25) is 0 Å². The van der Waals surface area contributed by atoms with E-state index in [0.717, 1.165) is 24.2 Å². The van der Waals surface area contributed by atoms with Gasteiger partial charge in [0, 0.05) is 19.0 Å². The van der Waals surface area contributed by atoms with Crippen LogP contribution in [0, 0.1) is 5.82 Å². The molecule has 2 aromatic carbocycles. The third-order valence-corrected chi connectivity index (χ3v) is 6.57. The molecule has 1 aliphatic rings. The highest BCUT2D eigenvalue weighted by Gasteiger charge is 2.33. The normalized spacial score (nSPS) is 18.5. The lowest BCUT2D eigenvalue weighted by Crippen LogP contribution is -2.39. The zero-order chi connectivity index (χ0) is 18.9. The van der Waals surface area contributed by atoms with Crippen molar-refractivity contribution in [2.24, 2.45) is 0 Å². The Bertz CT molecular complexity index is 1020. The zero-order valence-electron chi connectivity index (χ0n) is 14.4. The Morgan fingerprint density at radius 3 is 2.52 bits per heavy atom. The summed E-state index contributed by atoms with van der Waals surface area (Å²) >= 11 is 0. The summed E-state index contributed by atoms with van der Waals surface area (Å²) in [6, 6.07) is 14.4. The number of sulfonamides is 1. The molecule has 4 rings (SSSR count). The fraction of sp³-hybridized carbons (Fsp3) is 0.278. The lowest BCUT2D eigenvalue weighted by Gasteiger charge is -2.31. The molecular weight excluding hydrogens is 369 g/mol. The number of para-hydroxylation sites is 1. The number of piperidine rings is 1. The maximum atomic E-state index is 13.1. The third kappa shape index (κ3) is 3.47. The number of benzene rings is 2. The van der Waals surface area contributed by atoms with Crippen LogP contribution >= 0.6 is 0 Å². The van der Waals surface area contributed by atoms with Crippen molar-refractivity contribution in [3.63, 3.8) is 0 Å². The minimum Gasteiger partial charge on any atom is -0.207 e. The molecule has 0 bridgehead atoms. The lowest BCUT2D eigenvalue weighted by molar-refractivity contribution is 0.306. The maximum absolute atomic E-state index is 13.1. The molecule has 0 spiro atoms. The Labute approximate surface area is 156 Å². The van der Waals surface area contributed by atoms with E-state index in [1.165, 1.54) is 16.4 Å². The SMILES string of the molecule is O=S(=O)(c1ccc(F)cc1)N1CCCC(c2nnnn2-c2ccccc2)C1. The van der Waals surface area contributed by atoms with E-state index in [0.29, 0.717) is 18.8 Å². The maximum Gasteiger partial charge on any atom is 0.243 e. The summed E-state index contributed by atoms with van der Waals surface area (Å²) in [5.41, 5.74) is 0.830. The Morgan fingerprint density at radius 1 is 1.04 bits per heavy atom. The van der Waals surface area contributed by atoms with Gasteiger partial charge < -0.3 is 0 Å². The van der Waals surface area contributed by atoms with Gasteiger partial charge in [-0.2, -0.15) is 8.99 Å². The number of hydrogen-bond donors (Lipinski definition) is 0. The second-order valence-corrected chi connectivity index (χ2v) is 8.38. The fourth-order valence-corrected chi connectivity index (χ4v) is 4.85. The van der Waals surface area contributed by atoms with E-state index >= 15 is 0 Å². The fourth-order valence-electron chi connectivity index (χ4n) is 3.33. The first-order valence-electron chi connectivity index (χ1n) is 8.65. The molecule has 0 amide bonds. The van der Waals surface area contributed by atoms with E-state index in [1.54, 1.807) is 4.68 Å².